The summed E-state index contributed by atoms with van der Waals surface area (Å²) in [6.45, 7) is 3.25. The van der Waals surface area contributed by atoms with Gasteiger partial charge in [0.15, 0.2) is 6.61 Å². The number of amides is 1. The number of carbonyl (C=O) groups excluding carboxylic acids is 2. The standard InChI is InChI=1S/C18H20N2O3/c1-13-5-3-4-6-14(13)7-10-17(22)23-11-16(21)20-18(2,12-19)15-8-9-15/h3-7,10,15H,8-9,11H2,1-2H3,(H,20,21)/b10-7+/t18-/m1/s1. The Bertz CT molecular complexity index is 671. The van der Waals surface area contributed by atoms with Crippen LogP contribution in [0.15, 0.2) is 30.3 Å². The molecule has 0 aliphatic heterocycles. The monoisotopic (exact) mass is 312 g/mol. The molecular formula is C18H20N2O3. The summed E-state index contributed by atoms with van der Waals surface area (Å²) in [4.78, 5) is 23.5. The number of carbonyl (C=O) groups is 2. The number of rotatable bonds is 6. The Labute approximate surface area is 135 Å². The second-order valence-corrected chi connectivity index (χ2v) is 5.93. The third-order valence-electron chi connectivity index (χ3n) is 3.96. The highest BCUT2D eigenvalue weighted by atomic mass is 16.5. The van der Waals surface area contributed by atoms with Crippen molar-refractivity contribution in [2.24, 2.45) is 5.92 Å². The van der Waals surface area contributed by atoms with E-state index in [0.29, 0.717) is 0 Å². The van der Waals surface area contributed by atoms with Gasteiger partial charge in [0, 0.05) is 6.08 Å². The highest BCUT2D eigenvalue weighted by Gasteiger charge is 2.43. The van der Waals surface area contributed by atoms with Gasteiger partial charge in [0.2, 0.25) is 0 Å². The Morgan fingerprint density at radius 1 is 1.43 bits per heavy atom. The Hall–Kier alpha value is -2.61. The highest BCUT2D eigenvalue weighted by Crippen LogP contribution is 2.39. The van der Waals surface area contributed by atoms with E-state index >= 15 is 0 Å². The van der Waals surface area contributed by atoms with Crippen molar-refractivity contribution in [3.8, 4) is 6.07 Å². The largest absolute Gasteiger partial charge is 0.452 e. The number of esters is 1. The van der Waals surface area contributed by atoms with E-state index in [9.17, 15) is 14.9 Å². The van der Waals surface area contributed by atoms with Gasteiger partial charge < -0.3 is 10.1 Å². The second-order valence-electron chi connectivity index (χ2n) is 5.93. The van der Waals surface area contributed by atoms with Crippen LogP contribution < -0.4 is 5.32 Å². The van der Waals surface area contributed by atoms with Crippen molar-refractivity contribution in [1.82, 2.24) is 5.32 Å². The number of ether oxygens (including phenoxy) is 1. The average Bonchev–Trinajstić information content (AvgIpc) is 3.37. The molecule has 5 nitrogen and oxygen atoms in total. The zero-order valence-corrected chi connectivity index (χ0v) is 13.3. The van der Waals surface area contributed by atoms with Crippen molar-refractivity contribution in [3.05, 3.63) is 41.5 Å². The Balaban J connectivity index is 1.81. The molecule has 0 bridgehead atoms. The number of hydrogen-bond donors (Lipinski definition) is 1. The fraction of sp³-hybridized carbons (Fsp3) is 0.389. The molecule has 5 heteroatoms. The first-order valence-electron chi connectivity index (χ1n) is 7.57. The van der Waals surface area contributed by atoms with Crippen LogP contribution in [0.25, 0.3) is 6.08 Å². The van der Waals surface area contributed by atoms with Gasteiger partial charge in [-0.2, -0.15) is 5.26 Å². The van der Waals surface area contributed by atoms with E-state index in [0.717, 1.165) is 24.0 Å². The molecule has 120 valence electrons. The van der Waals surface area contributed by atoms with Crippen LogP contribution in [0.4, 0.5) is 0 Å². The number of nitriles is 1. The molecule has 1 aromatic carbocycles. The summed E-state index contributed by atoms with van der Waals surface area (Å²) < 4.78 is 4.91. The zero-order chi connectivity index (χ0) is 16.9. The maximum Gasteiger partial charge on any atom is 0.331 e. The van der Waals surface area contributed by atoms with E-state index in [2.05, 4.69) is 11.4 Å². The molecule has 1 aliphatic rings. The van der Waals surface area contributed by atoms with E-state index in [1.165, 1.54) is 6.08 Å². The first-order valence-corrected chi connectivity index (χ1v) is 7.57. The predicted molar refractivity (Wildman–Crippen MR) is 86.1 cm³/mol. The van der Waals surface area contributed by atoms with Gasteiger partial charge >= 0.3 is 5.97 Å². The summed E-state index contributed by atoms with van der Waals surface area (Å²) in [7, 11) is 0. The molecule has 1 aliphatic carbocycles. The third kappa shape index (κ3) is 4.68. The molecule has 2 rings (SSSR count). The number of hydrogen-bond acceptors (Lipinski definition) is 4. The van der Waals surface area contributed by atoms with E-state index in [1.54, 1.807) is 13.0 Å². The molecule has 1 N–H and O–H groups in total. The fourth-order valence-electron chi connectivity index (χ4n) is 2.32. The fourth-order valence-corrected chi connectivity index (χ4v) is 2.32. The van der Waals surface area contributed by atoms with Crippen molar-refractivity contribution in [1.29, 1.82) is 5.26 Å². The smallest absolute Gasteiger partial charge is 0.331 e. The molecule has 1 saturated carbocycles. The van der Waals surface area contributed by atoms with E-state index in [1.807, 2.05) is 31.2 Å². The maximum absolute atomic E-state index is 11.8. The van der Waals surface area contributed by atoms with Crippen molar-refractivity contribution >= 4 is 18.0 Å². The van der Waals surface area contributed by atoms with Crippen molar-refractivity contribution in [3.63, 3.8) is 0 Å². The van der Waals surface area contributed by atoms with Crippen LogP contribution in [0.3, 0.4) is 0 Å². The van der Waals surface area contributed by atoms with E-state index in [-0.39, 0.29) is 12.5 Å². The van der Waals surface area contributed by atoms with Crippen LogP contribution in [0.1, 0.15) is 30.9 Å². The molecule has 0 aromatic heterocycles. The SMILES string of the molecule is Cc1ccccc1/C=C/C(=O)OCC(=O)N[C@](C)(C#N)C1CC1. The lowest BCUT2D eigenvalue weighted by atomic mass is 9.98. The molecule has 0 heterocycles. The topological polar surface area (TPSA) is 79.2 Å². The average molecular weight is 312 g/mol. The van der Waals surface area contributed by atoms with E-state index in [4.69, 9.17) is 4.74 Å². The Morgan fingerprint density at radius 2 is 2.13 bits per heavy atom. The minimum absolute atomic E-state index is 0.188. The van der Waals surface area contributed by atoms with Crippen molar-refractivity contribution in [2.45, 2.75) is 32.2 Å². The number of nitrogens with one attached hydrogen (secondary N) is 1. The van der Waals surface area contributed by atoms with E-state index < -0.39 is 17.4 Å². The summed E-state index contributed by atoms with van der Waals surface area (Å²) in [5.41, 5.74) is 1.09. The van der Waals surface area contributed by atoms with Crippen LogP contribution in [0.5, 0.6) is 0 Å². The van der Waals surface area contributed by atoms with Crippen LogP contribution in [0, 0.1) is 24.2 Å². The zero-order valence-electron chi connectivity index (χ0n) is 13.3. The van der Waals surface area contributed by atoms with Crippen LogP contribution >= 0.6 is 0 Å². The molecular weight excluding hydrogens is 292 g/mol. The Morgan fingerprint density at radius 3 is 2.74 bits per heavy atom. The van der Waals surface area contributed by atoms with Crippen molar-refractivity contribution in [2.75, 3.05) is 6.61 Å². The number of nitrogens with zero attached hydrogens (tertiary/aromatic N) is 1. The molecule has 0 saturated heterocycles. The van der Waals surface area contributed by atoms with Gasteiger partial charge in [-0.1, -0.05) is 24.3 Å². The predicted octanol–water partition coefficient (Wildman–Crippen LogP) is 2.36. The van der Waals surface area contributed by atoms with Gasteiger partial charge in [-0.05, 0) is 49.8 Å². The minimum Gasteiger partial charge on any atom is -0.452 e. The summed E-state index contributed by atoms with van der Waals surface area (Å²) >= 11 is 0. The summed E-state index contributed by atoms with van der Waals surface area (Å²) in [6, 6.07) is 9.76. The Kier molecular flexibility index (Phi) is 5.17. The molecule has 1 fully saturated rings. The molecule has 23 heavy (non-hydrogen) atoms. The van der Waals surface area contributed by atoms with Gasteiger partial charge in [0.25, 0.3) is 5.91 Å². The molecule has 0 spiro atoms. The quantitative estimate of drug-likeness (QED) is 0.646. The van der Waals surface area contributed by atoms with Gasteiger partial charge in [-0.15, -0.1) is 0 Å². The summed E-state index contributed by atoms with van der Waals surface area (Å²) in [5.74, 6) is -0.861. The number of benzene rings is 1. The molecule has 1 atom stereocenters. The normalized spacial score (nSPS) is 16.4. The lowest BCUT2D eigenvalue weighted by Gasteiger charge is -2.22. The van der Waals surface area contributed by atoms with Crippen LogP contribution in [-0.2, 0) is 14.3 Å². The van der Waals surface area contributed by atoms with Gasteiger partial charge in [-0.25, -0.2) is 4.79 Å². The van der Waals surface area contributed by atoms with Crippen LogP contribution in [0.2, 0.25) is 0 Å². The second kappa shape index (κ2) is 7.10. The van der Waals surface area contributed by atoms with Gasteiger partial charge in [0.1, 0.15) is 5.54 Å². The minimum atomic E-state index is -0.875. The first-order chi connectivity index (χ1) is 10.9. The van der Waals surface area contributed by atoms with Gasteiger partial charge in [-0.3, -0.25) is 4.79 Å². The maximum atomic E-state index is 11.8. The lowest BCUT2D eigenvalue weighted by Crippen LogP contribution is -2.48. The summed E-state index contributed by atoms with van der Waals surface area (Å²) in [5, 5.41) is 11.8. The lowest BCUT2D eigenvalue weighted by molar-refractivity contribution is -0.144. The summed E-state index contributed by atoms with van der Waals surface area (Å²) in [6.07, 6.45) is 4.81. The molecule has 0 unspecified atom stereocenters. The van der Waals surface area contributed by atoms with Crippen molar-refractivity contribution < 1.29 is 14.3 Å². The first kappa shape index (κ1) is 16.8. The highest BCUT2D eigenvalue weighted by molar-refractivity contribution is 5.89. The molecule has 0 radical (unpaired) electrons. The molecule has 1 aromatic rings. The number of aryl methyl sites for hydroxylation is 1. The van der Waals surface area contributed by atoms with Gasteiger partial charge in [0.05, 0.1) is 6.07 Å². The van der Waals surface area contributed by atoms with Crippen LogP contribution in [-0.4, -0.2) is 24.0 Å². The molecule has 1 amide bonds. The third-order valence-corrected chi connectivity index (χ3v) is 3.96.